The van der Waals surface area contributed by atoms with Crippen molar-refractivity contribution in [3.63, 3.8) is 0 Å². The summed E-state index contributed by atoms with van der Waals surface area (Å²) in [4.78, 5) is 12.6. The summed E-state index contributed by atoms with van der Waals surface area (Å²) < 4.78 is 12.6. The predicted octanol–water partition coefficient (Wildman–Crippen LogP) is 4.40. The molecule has 1 unspecified atom stereocenters. The van der Waals surface area contributed by atoms with E-state index in [1.165, 1.54) is 6.08 Å². The van der Waals surface area contributed by atoms with Crippen LogP contribution in [0.3, 0.4) is 0 Å². The highest BCUT2D eigenvalue weighted by atomic mass is 16.5. The summed E-state index contributed by atoms with van der Waals surface area (Å²) >= 11 is 0. The molecule has 3 aromatic rings. The molecule has 0 aliphatic heterocycles. The summed E-state index contributed by atoms with van der Waals surface area (Å²) in [6, 6.07) is 15.2. The van der Waals surface area contributed by atoms with E-state index in [9.17, 15) is 4.79 Å². The van der Waals surface area contributed by atoms with Crippen LogP contribution in [0.5, 0.6) is 11.5 Å². The molecule has 0 fully saturated rings. The van der Waals surface area contributed by atoms with Gasteiger partial charge in [0.25, 0.3) is 0 Å². The van der Waals surface area contributed by atoms with Crippen LogP contribution in [0.4, 0.5) is 0 Å². The molecule has 1 N–H and O–H groups in total. The third-order valence-electron chi connectivity index (χ3n) is 5.01. The minimum atomic E-state index is -0.249. The fraction of sp³-hybridized carbons (Fsp3) is 0.250. The zero-order chi connectivity index (χ0) is 21.7. The predicted molar refractivity (Wildman–Crippen MR) is 118 cm³/mol. The topological polar surface area (TPSA) is 65.4 Å². The van der Waals surface area contributed by atoms with Crippen LogP contribution < -0.4 is 14.8 Å². The lowest BCUT2D eigenvalue weighted by Crippen LogP contribution is -2.25. The molecule has 0 bridgehead atoms. The van der Waals surface area contributed by atoms with Crippen molar-refractivity contribution in [3.8, 4) is 17.2 Å². The maximum Gasteiger partial charge on any atom is 0.244 e. The van der Waals surface area contributed by atoms with Gasteiger partial charge < -0.3 is 14.8 Å². The average molecular weight is 405 g/mol. The minimum absolute atomic E-state index is 0.196. The Morgan fingerprint density at radius 1 is 1.10 bits per heavy atom. The van der Waals surface area contributed by atoms with Crippen molar-refractivity contribution in [1.82, 2.24) is 15.1 Å². The Labute approximate surface area is 177 Å². The zero-order valence-corrected chi connectivity index (χ0v) is 18.0. The molecule has 1 atom stereocenters. The highest BCUT2D eigenvalue weighted by Crippen LogP contribution is 2.29. The molecule has 1 amide bonds. The van der Waals surface area contributed by atoms with Gasteiger partial charge in [-0.25, -0.2) is 4.68 Å². The van der Waals surface area contributed by atoms with Gasteiger partial charge in [0.15, 0.2) is 0 Å². The molecule has 6 nitrogen and oxygen atoms in total. The maximum atomic E-state index is 12.6. The molecule has 0 aliphatic carbocycles. The summed E-state index contributed by atoms with van der Waals surface area (Å²) in [5, 5.41) is 7.59. The number of rotatable bonds is 7. The van der Waals surface area contributed by atoms with Gasteiger partial charge in [0, 0.05) is 22.9 Å². The molecule has 0 saturated carbocycles. The molecule has 0 aliphatic rings. The summed E-state index contributed by atoms with van der Waals surface area (Å²) in [7, 11) is 3.22. The summed E-state index contributed by atoms with van der Waals surface area (Å²) in [6.07, 6.45) is 3.34. The van der Waals surface area contributed by atoms with E-state index in [-0.39, 0.29) is 11.9 Å². The van der Waals surface area contributed by atoms with Crippen LogP contribution >= 0.6 is 0 Å². The van der Waals surface area contributed by atoms with Crippen LogP contribution in [-0.4, -0.2) is 29.9 Å². The number of carbonyl (C=O) groups is 1. The zero-order valence-electron chi connectivity index (χ0n) is 18.0. The molecule has 0 spiro atoms. The number of aromatic nitrogens is 2. The van der Waals surface area contributed by atoms with Crippen molar-refractivity contribution in [2.24, 2.45) is 0 Å². The Kier molecular flexibility index (Phi) is 6.57. The molecule has 0 saturated heterocycles. The van der Waals surface area contributed by atoms with Crippen molar-refractivity contribution >= 4 is 12.0 Å². The Balaban J connectivity index is 1.76. The second-order valence-corrected chi connectivity index (χ2v) is 7.00. The number of nitrogens with one attached hydrogen (secondary N) is 1. The van der Waals surface area contributed by atoms with Crippen LogP contribution in [0, 0.1) is 13.8 Å². The van der Waals surface area contributed by atoms with Gasteiger partial charge >= 0.3 is 0 Å². The van der Waals surface area contributed by atoms with Gasteiger partial charge in [-0.05, 0) is 57.2 Å². The molecule has 0 radical (unpaired) electrons. The number of hydrogen-bond donors (Lipinski definition) is 1. The molecule has 6 heteroatoms. The van der Waals surface area contributed by atoms with E-state index in [0.717, 1.165) is 28.2 Å². The van der Waals surface area contributed by atoms with E-state index in [1.54, 1.807) is 14.2 Å². The van der Waals surface area contributed by atoms with Crippen molar-refractivity contribution in [2.75, 3.05) is 14.2 Å². The first-order chi connectivity index (χ1) is 14.4. The summed E-state index contributed by atoms with van der Waals surface area (Å²) in [6.45, 7) is 5.84. The van der Waals surface area contributed by atoms with Gasteiger partial charge in [-0.1, -0.05) is 18.2 Å². The van der Waals surface area contributed by atoms with Gasteiger partial charge in [0.1, 0.15) is 11.5 Å². The number of hydrogen-bond acceptors (Lipinski definition) is 4. The van der Waals surface area contributed by atoms with E-state index >= 15 is 0 Å². The molecule has 1 heterocycles. The lowest BCUT2D eigenvalue weighted by atomic mass is 10.1. The first-order valence-electron chi connectivity index (χ1n) is 9.76. The van der Waals surface area contributed by atoms with Gasteiger partial charge in [0.05, 0.1) is 31.6 Å². The fourth-order valence-corrected chi connectivity index (χ4v) is 3.39. The number of para-hydroxylation sites is 1. The lowest BCUT2D eigenvalue weighted by Gasteiger charge is -2.17. The van der Waals surface area contributed by atoms with Crippen LogP contribution in [0.25, 0.3) is 11.8 Å². The number of aryl methyl sites for hydroxylation is 1. The Morgan fingerprint density at radius 3 is 2.50 bits per heavy atom. The van der Waals surface area contributed by atoms with Crippen LogP contribution in [-0.2, 0) is 4.79 Å². The molecular weight excluding hydrogens is 378 g/mol. The third-order valence-corrected chi connectivity index (χ3v) is 5.01. The van der Waals surface area contributed by atoms with Crippen molar-refractivity contribution in [3.05, 3.63) is 77.1 Å². The van der Waals surface area contributed by atoms with Crippen molar-refractivity contribution in [2.45, 2.75) is 26.8 Å². The Hall–Kier alpha value is -3.54. The van der Waals surface area contributed by atoms with Gasteiger partial charge in [0.2, 0.25) is 5.91 Å². The summed E-state index contributed by atoms with van der Waals surface area (Å²) in [5.74, 6) is 1.21. The largest absolute Gasteiger partial charge is 0.497 e. The molecule has 30 heavy (non-hydrogen) atoms. The lowest BCUT2D eigenvalue weighted by molar-refractivity contribution is -0.117. The molecule has 3 rings (SSSR count). The smallest absolute Gasteiger partial charge is 0.244 e. The van der Waals surface area contributed by atoms with E-state index in [0.29, 0.717) is 11.5 Å². The monoisotopic (exact) mass is 405 g/mol. The number of amides is 1. The van der Waals surface area contributed by atoms with E-state index in [1.807, 2.05) is 80.1 Å². The average Bonchev–Trinajstić information content (AvgIpc) is 3.05. The highest BCUT2D eigenvalue weighted by Gasteiger charge is 2.15. The molecular formula is C24H27N3O3. The fourth-order valence-electron chi connectivity index (χ4n) is 3.39. The maximum absolute atomic E-state index is 12.6. The van der Waals surface area contributed by atoms with Crippen LogP contribution in [0.1, 0.15) is 35.5 Å². The third kappa shape index (κ3) is 4.54. The Morgan fingerprint density at radius 2 is 1.83 bits per heavy atom. The number of carbonyl (C=O) groups excluding carboxylic acids is 1. The van der Waals surface area contributed by atoms with Crippen LogP contribution in [0.2, 0.25) is 0 Å². The quantitative estimate of drug-likeness (QED) is 0.592. The number of ether oxygens (including phenoxy) is 2. The number of benzene rings is 2. The van der Waals surface area contributed by atoms with Gasteiger partial charge in [-0.3, -0.25) is 4.79 Å². The normalized spacial score (nSPS) is 12.0. The van der Waals surface area contributed by atoms with Crippen molar-refractivity contribution in [1.29, 1.82) is 0 Å². The molecule has 156 valence electrons. The second-order valence-electron chi connectivity index (χ2n) is 7.00. The van der Waals surface area contributed by atoms with Crippen molar-refractivity contribution < 1.29 is 14.3 Å². The Bertz CT molecular complexity index is 1060. The van der Waals surface area contributed by atoms with Gasteiger partial charge in [-0.15, -0.1) is 0 Å². The first kappa shape index (κ1) is 21.2. The van der Waals surface area contributed by atoms with Gasteiger partial charge in [-0.2, -0.15) is 5.10 Å². The summed E-state index contributed by atoms with van der Waals surface area (Å²) in [5.41, 5.74) is 4.61. The number of nitrogens with zero attached hydrogens (tertiary/aromatic N) is 2. The van der Waals surface area contributed by atoms with Crippen LogP contribution in [0.15, 0.2) is 54.6 Å². The second kappa shape index (κ2) is 9.31. The molecule has 2 aromatic carbocycles. The van der Waals surface area contributed by atoms with E-state index in [4.69, 9.17) is 9.47 Å². The highest BCUT2D eigenvalue weighted by molar-refractivity contribution is 5.92. The molecule has 1 aromatic heterocycles. The van der Waals surface area contributed by atoms with E-state index in [2.05, 4.69) is 10.4 Å². The standard InChI is InChI=1S/C24H27N3O3/c1-16(22-15-20(29-4)11-13-23(22)30-5)25-24(28)14-12-21-17(2)26-27(18(21)3)19-9-7-6-8-10-19/h6-16H,1-5H3,(H,25,28)/b14-12+. The number of methoxy groups -OCH3 is 2. The van der Waals surface area contributed by atoms with E-state index < -0.39 is 0 Å². The minimum Gasteiger partial charge on any atom is -0.497 e. The first-order valence-corrected chi connectivity index (χ1v) is 9.76. The SMILES string of the molecule is COc1ccc(OC)c(C(C)NC(=O)/C=C/c2c(C)nn(-c3ccccc3)c2C)c1.